The molecule has 0 aliphatic carbocycles. The van der Waals surface area contributed by atoms with Crippen molar-refractivity contribution in [2.75, 3.05) is 23.9 Å². The van der Waals surface area contributed by atoms with E-state index >= 15 is 0 Å². The van der Waals surface area contributed by atoms with Crippen LogP contribution in [0.1, 0.15) is 29.2 Å². The van der Waals surface area contributed by atoms with Crippen molar-refractivity contribution < 1.29 is 13.2 Å². The van der Waals surface area contributed by atoms with Crippen molar-refractivity contribution in [3.05, 3.63) is 118 Å². The van der Waals surface area contributed by atoms with Gasteiger partial charge in [-0.2, -0.15) is 0 Å². The van der Waals surface area contributed by atoms with Crippen molar-refractivity contribution in [1.29, 1.82) is 0 Å². The number of hydrogen-bond acceptors (Lipinski definition) is 5. The number of anilines is 1. The molecule has 4 aromatic rings. The zero-order chi connectivity index (χ0) is 29.3. The zero-order valence-corrected chi connectivity index (χ0v) is 26.1. The normalized spacial score (nSPS) is 15.4. The number of benzene rings is 4. The number of fused-ring (bicyclic) bond motifs is 3. The summed E-state index contributed by atoms with van der Waals surface area (Å²) in [6.07, 6.45) is 0.581. The predicted octanol–water partition coefficient (Wildman–Crippen LogP) is 6.43. The number of amidine groups is 1. The van der Waals surface area contributed by atoms with Crippen LogP contribution in [0.4, 0.5) is 5.69 Å². The van der Waals surface area contributed by atoms with E-state index < -0.39 is 16.1 Å². The second-order valence-electron chi connectivity index (χ2n) is 10.2. The number of nitrogens with zero attached hydrogens (tertiary/aromatic N) is 2. The maximum atomic E-state index is 14.2. The lowest BCUT2D eigenvalue weighted by atomic mass is 9.88. The van der Waals surface area contributed by atoms with Gasteiger partial charge in [-0.15, -0.1) is 12.4 Å². The van der Waals surface area contributed by atoms with Gasteiger partial charge in [0.05, 0.1) is 39.6 Å². The van der Waals surface area contributed by atoms with Crippen molar-refractivity contribution in [2.45, 2.75) is 23.8 Å². The van der Waals surface area contributed by atoms with Gasteiger partial charge < -0.3 is 10.6 Å². The Balaban J connectivity index is 0.00000368. The van der Waals surface area contributed by atoms with Crippen LogP contribution in [-0.4, -0.2) is 39.8 Å². The van der Waals surface area contributed by atoms with Crippen LogP contribution in [0.3, 0.4) is 0 Å². The lowest BCUT2D eigenvalue weighted by Crippen LogP contribution is -2.40. The van der Waals surface area contributed by atoms with Crippen molar-refractivity contribution in [3.8, 4) is 11.1 Å². The smallest absolute Gasteiger partial charge is 0.264 e. The van der Waals surface area contributed by atoms with Gasteiger partial charge in [0, 0.05) is 24.2 Å². The van der Waals surface area contributed by atoms with E-state index in [9.17, 15) is 13.2 Å². The minimum atomic E-state index is -4.13. The molecule has 2 heterocycles. The Hall–Kier alpha value is -3.56. The molecular formula is C32H29Cl3N4O3S. The van der Waals surface area contributed by atoms with Gasteiger partial charge in [-0.05, 0) is 47.4 Å². The van der Waals surface area contributed by atoms with Gasteiger partial charge in [-0.25, -0.2) is 8.42 Å². The first-order valence-electron chi connectivity index (χ1n) is 13.6. The Morgan fingerprint density at radius 1 is 0.930 bits per heavy atom. The highest BCUT2D eigenvalue weighted by molar-refractivity contribution is 7.92. The topological polar surface area (TPSA) is 90.9 Å². The summed E-state index contributed by atoms with van der Waals surface area (Å²) in [6, 6.07) is 26.5. The Bertz CT molecular complexity index is 1800. The van der Waals surface area contributed by atoms with Crippen LogP contribution in [0.2, 0.25) is 10.0 Å². The molecule has 0 radical (unpaired) electrons. The Morgan fingerprint density at radius 2 is 1.65 bits per heavy atom. The van der Waals surface area contributed by atoms with Crippen molar-refractivity contribution in [3.63, 3.8) is 0 Å². The Labute approximate surface area is 267 Å². The molecule has 0 spiro atoms. The quantitative estimate of drug-likeness (QED) is 0.229. The van der Waals surface area contributed by atoms with Gasteiger partial charge in [-0.1, -0.05) is 89.9 Å². The first-order chi connectivity index (χ1) is 20.3. The summed E-state index contributed by atoms with van der Waals surface area (Å²) in [6.45, 7) is 2.06. The number of nitrogens with one attached hydrogen (secondary N) is 2. The number of hydrogen-bond donors (Lipinski definition) is 2. The minimum Gasteiger partial charge on any atom is -0.368 e. The maximum Gasteiger partial charge on any atom is 0.264 e. The molecular weight excluding hydrogens is 627 g/mol. The summed E-state index contributed by atoms with van der Waals surface area (Å²) in [7, 11) is -4.13. The number of amides is 1. The van der Waals surface area contributed by atoms with Gasteiger partial charge in [-0.3, -0.25) is 14.1 Å². The SMILES string of the molecule is Cl.O=C(CC1c2ccccc2-c2ccccc2N1S(=O)(=O)c1ccc(Cl)c(Cl)c1)NCCc1ccc(C2=NCCN2)cc1. The molecule has 4 aromatic carbocycles. The van der Waals surface area contributed by atoms with Crippen LogP contribution >= 0.6 is 35.6 Å². The van der Waals surface area contributed by atoms with Crippen molar-refractivity contribution in [1.82, 2.24) is 10.6 Å². The Kier molecular flexibility index (Phi) is 9.32. The third-order valence-electron chi connectivity index (χ3n) is 7.50. The first-order valence-corrected chi connectivity index (χ1v) is 15.8. The standard InChI is InChI=1S/C32H28Cl2N4O3S.ClH/c33-27-14-13-23(19-28(27)34)42(40,41)38-29-8-4-3-6-25(29)24-5-1-2-7-26(24)30(38)20-31(39)35-16-15-21-9-11-22(12-10-21)32-36-17-18-37-32;/h1-14,19,30H,15-18,20H2,(H,35,39)(H,36,37);1H. The van der Waals surface area contributed by atoms with E-state index in [4.69, 9.17) is 23.2 Å². The highest BCUT2D eigenvalue weighted by Gasteiger charge is 2.40. The third-order valence-corrected chi connectivity index (χ3v) is 10.1. The molecule has 2 aliphatic heterocycles. The minimum absolute atomic E-state index is 0. The second-order valence-corrected chi connectivity index (χ2v) is 12.8. The fourth-order valence-corrected chi connectivity index (χ4v) is 7.51. The van der Waals surface area contributed by atoms with Crippen molar-refractivity contribution >= 4 is 63.1 Å². The van der Waals surface area contributed by atoms with E-state index in [0.717, 1.165) is 46.7 Å². The molecule has 0 saturated heterocycles. The van der Waals surface area contributed by atoms with Gasteiger partial charge in [0.25, 0.3) is 10.0 Å². The molecule has 6 rings (SSSR count). The molecule has 2 aliphatic rings. The lowest BCUT2D eigenvalue weighted by molar-refractivity contribution is -0.121. The van der Waals surface area contributed by atoms with E-state index in [1.807, 2.05) is 60.7 Å². The fraction of sp³-hybridized carbons (Fsp3) is 0.188. The van der Waals surface area contributed by atoms with Gasteiger partial charge in [0.1, 0.15) is 5.84 Å². The second kappa shape index (κ2) is 13.0. The molecule has 43 heavy (non-hydrogen) atoms. The molecule has 11 heteroatoms. The summed E-state index contributed by atoms with van der Waals surface area (Å²) in [5.74, 6) is 0.661. The summed E-state index contributed by atoms with van der Waals surface area (Å²) in [5, 5.41) is 6.66. The van der Waals surface area contributed by atoms with E-state index in [1.165, 1.54) is 22.5 Å². The van der Waals surface area contributed by atoms with Gasteiger partial charge in [0.2, 0.25) is 5.91 Å². The average molecular weight is 656 g/mol. The summed E-state index contributed by atoms with van der Waals surface area (Å²) in [5.41, 5.74) is 5.05. The predicted molar refractivity (Wildman–Crippen MR) is 175 cm³/mol. The highest BCUT2D eigenvalue weighted by atomic mass is 35.5. The number of aliphatic imine (C=N–C) groups is 1. The van der Waals surface area contributed by atoms with E-state index in [-0.39, 0.29) is 39.7 Å². The zero-order valence-electron chi connectivity index (χ0n) is 23.0. The number of rotatable bonds is 8. The van der Waals surface area contributed by atoms with E-state index in [1.54, 1.807) is 12.1 Å². The van der Waals surface area contributed by atoms with Gasteiger partial charge in [0.15, 0.2) is 0 Å². The average Bonchev–Trinajstić information content (AvgIpc) is 3.54. The van der Waals surface area contributed by atoms with Crippen LogP contribution in [0.25, 0.3) is 11.1 Å². The number of carbonyl (C=O) groups excluding carboxylic acids is 1. The van der Waals surface area contributed by atoms with Crippen LogP contribution in [0.5, 0.6) is 0 Å². The van der Waals surface area contributed by atoms with Gasteiger partial charge >= 0.3 is 0 Å². The maximum absolute atomic E-state index is 14.2. The Morgan fingerprint density at radius 3 is 2.37 bits per heavy atom. The van der Waals surface area contributed by atoms with Crippen LogP contribution in [0.15, 0.2) is 101 Å². The summed E-state index contributed by atoms with van der Waals surface area (Å²) >= 11 is 12.3. The largest absolute Gasteiger partial charge is 0.368 e. The lowest BCUT2D eigenvalue weighted by Gasteiger charge is -2.39. The molecule has 1 amide bonds. The third kappa shape index (κ3) is 6.24. The first kappa shape index (κ1) is 30.9. The number of para-hydroxylation sites is 1. The molecule has 0 aromatic heterocycles. The van der Waals surface area contributed by atoms with Crippen molar-refractivity contribution in [2.24, 2.45) is 4.99 Å². The van der Waals surface area contributed by atoms with Crippen LogP contribution < -0.4 is 14.9 Å². The van der Waals surface area contributed by atoms with Crippen LogP contribution in [0, 0.1) is 0 Å². The molecule has 1 atom stereocenters. The molecule has 222 valence electrons. The fourth-order valence-electron chi connectivity index (χ4n) is 5.48. The molecule has 7 nitrogen and oxygen atoms in total. The molecule has 2 N–H and O–H groups in total. The van der Waals surface area contributed by atoms with E-state index in [2.05, 4.69) is 15.6 Å². The monoisotopic (exact) mass is 654 g/mol. The molecule has 0 fully saturated rings. The van der Waals surface area contributed by atoms with E-state index in [0.29, 0.717) is 18.7 Å². The number of carbonyl (C=O) groups is 1. The molecule has 1 unspecified atom stereocenters. The number of halogens is 3. The highest BCUT2D eigenvalue weighted by Crippen LogP contribution is 2.48. The van der Waals surface area contributed by atoms with Crippen LogP contribution in [-0.2, 0) is 21.2 Å². The molecule has 0 bridgehead atoms. The molecule has 0 saturated carbocycles. The number of sulfonamides is 1. The summed E-state index contributed by atoms with van der Waals surface area (Å²) < 4.78 is 29.8. The summed E-state index contributed by atoms with van der Waals surface area (Å²) in [4.78, 5) is 17.8.